The predicted molar refractivity (Wildman–Crippen MR) is 65.3 cm³/mol. The van der Waals surface area contributed by atoms with Crippen LogP contribution in [0.4, 0.5) is 5.69 Å². The Morgan fingerprint density at radius 2 is 1.88 bits per heavy atom. The summed E-state index contributed by atoms with van der Waals surface area (Å²) in [7, 11) is 3.86. The van der Waals surface area contributed by atoms with Gasteiger partial charge in [0.25, 0.3) is 0 Å². The van der Waals surface area contributed by atoms with Crippen molar-refractivity contribution in [3.63, 3.8) is 0 Å². The van der Waals surface area contributed by atoms with Crippen LogP contribution in [0, 0.1) is 0 Å². The number of aromatic nitrogens is 5. The van der Waals surface area contributed by atoms with E-state index in [1.54, 1.807) is 6.20 Å². The van der Waals surface area contributed by atoms with Gasteiger partial charge >= 0.3 is 0 Å². The summed E-state index contributed by atoms with van der Waals surface area (Å²) < 4.78 is 0. The maximum Gasteiger partial charge on any atom is 0.224 e. The zero-order valence-electron chi connectivity index (χ0n) is 9.70. The first kappa shape index (κ1) is 11.1. The summed E-state index contributed by atoms with van der Waals surface area (Å²) in [5, 5.41) is 15.7. The Kier molecular flexibility index (Phi) is 3.04. The summed E-state index contributed by atoms with van der Waals surface area (Å²) in [6.07, 6.45) is 3.18. The molecule has 2 rings (SSSR count). The third-order valence-corrected chi connectivity index (χ3v) is 2.16. The molecule has 0 atom stereocenters. The lowest BCUT2D eigenvalue weighted by Crippen LogP contribution is -2.12. The van der Waals surface area contributed by atoms with Gasteiger partial charge in [0.05, 0.1) is 5.69 Å². The van der Waals surface area contributed by atoms with E-state index < -0.39 is 0 Å². The van der Waals surface area contributed by atoms with Gasteiger partial charge in [0.15, 0.2) is 5.82 Å². The second-order valence-electron chi connectivity index (χ2n) is 3.55. The Bertz CT molecular complexity index is 520. The molecule has 0 saturated heterocycles. The zero-order chi connectivity index (χ0) is 12.3. The number of hydrogen-bond acceptors (Lipinski definition) is 6. The van der Waals surface area contributed by atoms with Crippen LogP contribution in [0.25, 0.3) is 17.6 Å². The smallest absolute Gasteiger partial charge is 0.224 e. The van der Waals surface area contributed by atoms with E-state index in [9.17, 15) is 0 Å². The molecule has 0 bridgehead atoms. The molecule has 0 unspecified atom stereocenters. The minimum absolute atomic E-state index is 0.399. The average Bonchev–Trinajstić information content (AvgIpc) is 2.39. The quantitative estimate of drug-likeness (QED) is 0.781. The van der Waals surface area contributed by atoms with Gasteiger partial charge in [-0.3, -0.25) is 4.98 Å². The predicted octanol–water partition coefficient (Wildman–Crippen LogP) is 1.04. The van der Waals surface area contributed by atoms with Crippen LogP contribution in [-0.4, -0.2) is 39.5 Å². The van der Waals surface area contributed by atoms with Crippen molar-refractivity contribution in [1.82, 2.24) is 25.4 Å². The van der Waals surface area contributed by atoms with Crippen molar-refractivity contribution in [1.29, 1.82) is 0 Å². The highest BCUT2D eigenvalue weighted by molar-refractivity contribution is 5.69. The molecule has 2 aromatic heterocycles. The standard InChI is InChI=1S/C11H12N6/c1-4-9-13-15-11(16-14-9)10-8(17(2)3)6-5-7-12-10/h4-7H,1H2,2-3H3. The van der Waals surface area contributed by atoms with E-state index >= 15 is 0 Å². The summed E-state index contributed by atoms with van der Waals surface area (Å²) in [5.74, 6) is 0.802. The summed E-state index contributed by atoms with van der Waals surface area (Å²) in [6.45, 7) is 3.55. The number of hydrogen-bond donors (Lipinski definition) is 0. The van der Waals surface area contributed by atoms with Crippen LogP contribution in [0.5, 0.6) is 0 Å². The molecule has 0 aliphatic rings. The molecule has 2 heterocycles. The van der Waals surface area contributed by atoms with Crippen molar-refractivity contribution in [3.8, 4) is 11.5 Å². The van der Waals surface area contributed by atoms with E-state index in [-0.39, 0.29) is 0 Å². The number of nitrogens with zero attached hydrogens (tertiary/aromatic N) is 6. The van der Waals surface area contributed by atoms with Gasteiger partial charge in [-0.1, -0.05) is 6.58 Å². The number of anilines is 1. The van der Waals surface area contributed by atoms with Crippen molar-refractivity contribution < 1.29 is 0 Å². The Morgan fingerprint density at radius 3 is 2.47 bits per heavy atom. The molecule has 0 radical (unpaired) electrons. The van der Waals surface area contributed by atoms with Crippen molar-refractivity contribution in [2.24, 2.45) is 0 Å². The Morgan fingerprint density at radius 1 is 1.18 bits per heavy atom. The molecule has 2 aromatic rings. The molecule has 17 heavy (non-hydrogen) atoms. The first-order chi connectivity index (χ1) is 8.22. The highest BCUT2D eigenvalue weighted by Crippen LogP contribution is 2.23. The third kappa shape index (κ3) is 2.25. The molecule has 0 amide bonds. The lowest BCUT2D eigenvalue weighted by Gasteiger charge is -2.14. The van der Waals surface area contributed by atoms with Crippen molar-refractivity contribution in [2.75, 3.05) is 19.0 Å². The van der Waals surface area contributed by atoms with Gasteiger partial charge in [0.1, 0.15) is 5.69 Å². The Hall–Kier alpha value is -2.37. The molecule has 0 aromatic carbocycles. The van der Waals surface area contributed by atoms with Crippen LogP contribution in [0.1, 0.15) is 5.82 Å². The van der Waals surface area contributed by atoms with Crippen molar-refractivity contribution in [2.45, 2.75) is 0 Å². The van der Waals surface area contributed by atoms with Crippen LogP contribution >= 0.6 is 0 Å². The lowest BCUT2D eigenvalue weighted by molar-refractivity contribution is 0.844. The molecule has 0 aliphatic carbocycles. The number of pyridine rings is 1. The van der Waals surface area contributed by atoms with Crippen LogP contribution < -0.4 is 4.90 Å². The van der Waals surface area contributed by atoms with Gasteiger partial charge in [0.2, 0.25) is 5.82 Å². The SMILES string of the molecule is C=Cc1nnc(-c2ncccc2N(C)C)nn1. The molecular weight excluding hydrogens is 216 g/mol. The lowest BCUT2D eigenvalue weighted by atomic mass is 10.2. The monoisotopic (exact) mass is 228 g/mol. The minimum Gasteiger partial charge on any atom is -0.376 e. The Balaban J connectivity index is 2.48. The largest absolute Gasteiger partial charge is 0.376 e. The maximum atomic E-state index is 4.25. The zero-order valence-corrected chi connectivity index (χ0v) is 9.70. The summed E-state index contributed by atoms with van der Waals surface area (Å²) in [6, 6.07) is 3.80. The van der Waals surface area contributed by atoms with Gasteiger partial charge in [-0.05, 0) is 18.2 Å². The minimum atomic E-state index is 0.399. The maximum absolute atomic E-state index is 4.25. The fourth-order valence-electron chi connectivity index (χ4n) is 1.34. The summed E-state index contributed by atoms with van der Waals surface area (Å²) in [5.41, 5.74) is 1.58. The van der Waals surface area contributed by atoms with E-state index in [0.717, 1.165) is 5.69 Å². The van der Waals surface area contributed by atoms with E-state index in [1.807, 2.05) is 31.1 Å². The van der Waals surface area contributed by atoms with Gasteiger partial charge in [-0.15, -0.1) is 20.4 Å². The molecule has 0 N–H and O–H groups in total. The molecule has 0 spiro atoms. The van der Waals surface area contributed by atoms with Gasteiger partial charge in [0, 0.05) is 20.3 Å². The highest BCUT2D eigenvalue weighted by atomic mass is 15.3. The van der Waals surface area contributed by atoms with Gasteiger partial charge in [-0.2, -0.15) is 0 Å². The van der Waals surface area contributed by atoms with Crippen LogP contribution in [0.2, 0.25) is 0 Å². The molecule has 0 saturated carbocycles. The van der Waals surface area contributed by atoms with E-state index in [4.69, 9.17) is 0 Å². The fraction of sp³-hybridized carbons (Fsp3) is 0.182. The normalized spacial score (nSPS) is 10.0. The van der Waals surface area contributed by atoms with E-state index in [2.05, 4.69) is 32.0 Å². The third-order valence-electron chi connectivity index (χ3n) is 2.16. The van der Waals surface area contributed by atoms with E-state index in [1.165, 1.54) is 6.08 Å². The Labute approximate surface area is 99.1 Å². The van der Waals surface area contributed by atoms with Crippen molar-refractivity contribution >= 4 is 11.8 Å². The first-order valence-corrected chi connectivity index (χ1v) is 5.05. The molecular formula is C11H12N6. The van der Waals surface area contributed by atoms with Crippen LogP contribution in [0.3, 0.4) is 0 Å². The number of rotatable bonds is 3. The topological polar surface area (TPSA) is 67.7 Å². The molecule has 6 nitrogen and oxygen atoms in total. The fourth-order valence-corrected chi connectivity index (χ4v) is 1.34. The average molecular weight is 228 g/mol. The van der Waals surface area contributed by atoms with E-state index in [0.29, 0.717) is 17.3 Å². The van der Waals surface area contributed by atoms with Crippen molar-refractivity contribution in [3.05, 3.63) is 30.7 Å². The molecule has 6 heteroatoms. The molecule has 0 fully saturated rings. The van der Waals surface area contributed by atoms with Crippen LogP contribution in [-0.2, 0) is 0 Å². The summed E-state index contributed by atoms with van der Waals surface area (Å²) >= 11 is 0. The molecule has 0 aliphatic heterocycles. The molecule has 86 valence electrons. The first-order valence-electron chi connectivity index (χ1n) is 5.05. The van der Waals surface area contributed by atoms with Crippen LogP contribution in [0.15, 0.2) is 24.9 Å². The second kappa shape index (κ2) is 4.65. The second-order valence-corrected chi connectivity index (χ2v) is 3.55. The van der Waals surface area contributed by atoms with Gasteiger partial charge < -0.3 is 4.90 Å². The summed E-state index contributed by atoms with van der Waals surface area (Å²) in [4.78, 5) is 6.19. The highest BCUT2D eigenvalue weighted by Gasteiger charge is 2.11. The van der Waals surface area contributed by atoms with Gasteiger partial charge in [-0.25, -0.2) is 0 Å².